The Morgan fingerprint density at radius 3 is 2.32 bits per heavy atom. The SMILES string of the molecule is O=C(O)c1cc(Br)cc(C(=O)N2CCS(=O)CC2)c1. The highest BCUT2D eigenvalue weighted by atomic mass is 79.9. The average Bonchev–Trinajstić information content (AvgIpc) is 2.38. The Hall–Kier alpha value is -1.21. The van der Waals surface area contributed by atoms with Gasteiger partial charge in [-0.05, 0) is 18.2 Å². The topological polar surface area (TPSA) is 74.7 Å². The number of rotatable bonds is 2. The summed E-state index contributed by atoms with van der Waals surface area (Å²) in [5, 5.41) is 8.97. The third-order valence-corrected chi connectivity index (χ3v) is 4.59. The van der Waals surface area contributed by atoms with Crippen LogP contribution in [-0.2, 0) is 10.8 Å². The van der Waals surface area contributed by atoms with Gasteiger partial charge < -0.3 is 10.0 Å². The standard InChI is InChI=1S/C12H12BrNO4S/c13-10-6-8(5-9(7-10)12(16)17)11(15)14-1-3-19(18)4-2-14/h5-7H,1-4H2,(H,16,17). The molecule has 19 heavy (non-hydrogen) atoms. The van der Waals surface area contributed by atoms with Crippen LogP contribution in [-0.4, -0.2) is 50.7 Å². The summed E-state index contributed by atoms with van der Waals surface area (Å²) < 4.78 is 11.8. The van der Waals surface area contributed by atoms with Crippen LogP contribution in [0.2, 0.25) is 0 Å². The van der Waals surface area contributed by atoms with E-state index in [9.17, 15) is 13.8 Å². The van der Waals surface area contributed by atoms with E-state index in [4.69, 9.17) is 5.11 Å². The van der Waals surface area contributed by atoms with Crippen LogP contribution in [0.5, 0.6) is 0 Å². The zero-order chi connectivity index (χ0) is 14.0. The molecule has 0 aromatic heterocycles. The van der Waals surface area contributed by atoms with Crippen molar-refractivity contribution in [1.29, 1.82) is 0 Å². The van der Waals surface area contributed by atoms with Gasteiger partial charge in [0.25, 0.3) is 5.91 Å². The number of carbonyl (C=O) groups excluding carboxylic acids is 1. The quantitative estimate of drug-likeness (QED) is 0.877. The van der Waals surface area contributed by atoms with Crippen molar-refractivity contribution in [2.75, 3.05) is 24.6 Å². The minimum atomic E-state index is -1.07. The molecule has 2 rings (SSSR count). The number of amides is 1. The van der Waals surface area contributed by atoms with Gasteiger partial charge in [0.05, 0.1) is 5.56 Å². The second kappa shape index (κ2) is 5.83. The number of nitrogens with zero attached hydrogens (tertiary/aromatic N) is 1. The highest BCUT2D eigenvalue weighted by molar-refractivity contribution is 9.10. The molecule has 1 fully saturated rings. The van der Waals surface area contributed by atoms with Crippen LogP contribution >= 0.6 is 15.9 Å². The molecule has 5 nitrogen and oxygen atoms in total. The lowest BCUT2D eigenvalue weighted by atomic mass is 10.1. The van der Waals surface area contributed by atoms with Gasteiger partial charge in [-0.2, -0.15) is 0 Å². The van der Waals surface area contributed by atoms with Crippen molar-refractivity contribution in [3.8, 4) is 0 Å². The summed E-state index contributed by atoms with van der Waals surface area (Å²) in [7, 11) is -0.847. The lowest BCUT2D eigenvalue weighted by molar-refractivity contribution is 0.0697. The second-order valence-corrected chi connectivity index (χ2v) is 6.79. The van der Waals surface area contributed by atoms with Gasteiger partial charge in [0, 0.05) is 45.4 Å². The molecule has 7 heteroatoms. The normalized spacial score (nSPS) is 16.4. The van der Waals surface area contributed by atoms with E-state index < -0.39 is 16.8 Å². The Morgan fingerprint density at radius 1 is 1.16 bits per heavy atom. The first-order valence-corrected chi connectivity index (χ1v) is 7.93. The van der Waals surface area contributed by atoms with Crippen molar-refractivity contribution in [2.24, 2.45) is 0 Å². The zero-order valence-electron chi connectivity index (χ0n) is 9.97. The van der Waals surface area contributed by atoms with Gasteiger partial charge in [0.2, 0.25) is 0 Å². The summed E-state index contributed by atoms with van der Waals surface area (Å²) in [5.74, 6) is -0.340. The van der Waals surface area contributed by atoms with Crippen molar-refractivity contribution in [3.63, 3.8) is 0 Å². The van der Waals surface area contributed by atoms with E-state index in [1.165, 1.54) is 12.1 Å². The van der Waals surface area contributed by atoms with Crippen molar-refractivity contribution in [2.45, 2.75) is 0 Å². The van der Waals surface area contributed by atoms with E-state index >= 15 is 0 Å². The van der Waals surface area contributed by atoms with Crippen molar-refractivity contribution in [3.05, 3.63) is 33.8 Å². The third kappa shape index (κ3) is 3.42. The fraction of sp³-hybridized carbons (Fsp3) is 0.333. The van der Waals surface area contributed by atoms with Gasteiger partial charge in [0.1, 0.15) is 0 Å². The lowest BCUT2D eigenvalue weighted by Crippen LogP contribution is -2.41. The molecule has 1 aromatic rings. The van der Waals surface area contributed by atoms with Crippen LogP contribution in [0, 0.1) is 0 Å². The molecule has 1 amide bonds. The monoisotopic (exact) mass is 345 g/mol. The van der Waals surface area contributed by atoms with E-state index in [0.29, 0.717) is 34.6 Å². The highest BCUT2D eigenvalue weighted by Gasteiger charge is 2.22. The van der Waals surface area contributed by atoms with Crippen molar-refractivity contribution >= 4 is 38.6 Å². The fourth-order valence-electron chi connectivity index (χ4n) is 1.86. The molecule has 0 saturated carbocycles. The van der Waals surface area contributed by atoms with Gasteiger partial charge in [-0.15, -0.1) is 0 Å². The van der Waals surface area contributed by atoms with Crippen LogP contribution in [0.3, 0.4) is 0 Å². The Kier molecular flexibility index (Phi) is 4.36. The van der Waals surface area contributed by atoms with Gasteiger partial charge in [0.15, 0.2) is 0 Å². The van der Waals surface area contributed by atoms with Crippen LogP contribution in [0.25, 0.3) is 0 Å². The van der Waals surface area contributed by atoms with Crippen LogP contribution in [0.1, 0.15) is 20.7 Å². The molecule has 102 valence electrons. The molecule has 0 atom stereocenters. The van der Waals surface area contributed by atoms with Crippen LogP contribution in [0.15, 0.2) is 22.7 Å². The molecular weight excluding hydrogens is 334 g/mol. The van der Waals surface area contributed by atoms with Crippen molar-refractivity contribution < 1.29 is 18.9 Å². The molecule has 0 spiro atoms. The second-order valence-electron chi connectivity index (χ2n) is 4.17. The minimum absolute atomic E-state index is 0.0679. The number of halogens is 1. The summed E-state index contributed by atoms with van der Waals surface area (Å²) in [5.41, 5.74) is 0.401. The summed E-state index contributed by atoms with van der Waals surface area (Å²) in [6.07, 6.45) is 0. The first-order chi connectivity index (χ1) is 8.97. The highest BCUT2D eigenvalue weighted by Crippen LogP contribution is 2.18. The molecule has 1 aromatic carbocycles. The summed E-state index contributed by atoms with van der Waals surface area (Å²) in [6.45, 7) is 0.890. The van der Waals surface area contributed by atoms with E-state index in [1.54, 1.807) is 11.0 Å². The van der Waals surface area contributed by atoms with Gasteiger partial charge >= 0.3 is 5.97 Å². The van der Waals surface area contributed by atoms with E-state index in [1.807, 2.05) is 0 Å². The van der Waals surface area contributed by atoms with Gasteiger partial charge in [-0.25, -0.2) is 4.79 Å². The molecule has 1 heterocycles. The van der Waals surface area contributed by atoms with E-state index in [0.717, 1.165) is 0 Å². The molecular formula is C12H12BrNO4S. The molecule has 0 unspecified atom stereocenters. The summed E-state index contributed by atoms with van der Waals surface area (Å²) in [6, 6.07) is 4.41. The number of carboxylic acids is 1. The summed E-state index contributed by atoms with van der Waals surface area (Å²) >= 11 is 3.20. The summed E-state index contributed by atoms with van der Waals surface area (Å²) in [4.78, 5) is 24.8. The Morgan fingerprint density at radius 2 is 1.74 bits per heavy atom. The van der Waals surface area contributed by atoms with Crippen LogP contribution in [0.4, 0.5) is 0 Å². The Bertz CT molecular complexity index is 551. The van der Waals surface area contributed by atoms with E-state index in [-0.39, 0.29) is 11.5 Å². The lowest BCUT2D eigenvalue weighted by Gasteiger charge is -2.26. The predicted octanol–water partition coefficient (Wildman–Crippen LogP) is 1.35. The molecule has 1 aliphatic heterocycles. The first kappa shape index (κ1) is 14.2. The Labute approximate surface area is 121 Å². The number of hydrogen-bond donors (Lipinski definition) is 1. The van der Waals surface area contributed by atoms with Gasteiger partial charge in [-0.3, -0.25) is 9.00 Å². The van der Waals surface area contributed by atoms with Crippen LogP contribution < -0.4 is 0 Å². The van der Waals surface area contributed by atoms with Gasteiger partial charge in [-0.1, -0.05) is 15.9 Å². The first-order valence-electron chi connectivity index (χ1n) is 5.65. The number of aromatic carboxylic acids is 1. The maximum Gasteiger partial charge on any atom is 0.335 e. The molecule has 1 saturated heterocycles. The number of hydrogen-bond acceptors (Lipinski definition) is 3. The smallest absolute Gasteiger partial charge is 0.335 e. The molecule has 0 radical (unpaired) electrons. The minimum Gasteiger partial charge on any atom is -0.478 e. The number of carboxylic acid groups (broad SMARTS) is 1. The zero-order valence-corrected chi connectivity index (χ0v) is 12.4. The maximum absolute atomic E-state index is 12.2. The maximum atomic E-state index is 12.2. The molecule has 0 bridgehead atoms. The largest absolute Gasteiger partial charge is 0.478 e. The number of carbonyl (C=O) groups is 2. The average molecular weight is 346 g/mol. The predicted molar refractivity (Wildman–Crippen MR) is 74.9 cm³/mol. The Balaban J connectivity index is 2.23. The third-order valence-electron chi connectivity index (χ3n) is 2.86. The fourth-order valence-corrected chi connectivity index (χ4v) is 3.41. The van der Waals surface area contributed by atoms with Crippen molar-refractivity contribution in [1.82, 2.24) is 4.90 Å². The number of benzene rings is 1. The molecule has 0 aliphatic carbocycles. The molecule has 1 aliphatic rings. The molecule has 1 N–H and O–H groups in total. The van der Waals surface area contributed by atoms with E-state index in [2.05, 4.69) is 15.9 Å².